The van der Waals surface area contributed by atoms with Crippen molar-refractivity contribution in [2.45, 2.75) is 57.4 Å². The number of methoxy groups -OCH3 is 1. The maximum Gasteiger partial charge on any atom is 0.276 e. The van der Waals surface area contributed by atoms with Crippen molar-refractivity contribution in [1.29, 1.82) is 0 Å². The summed E-state index contributed by atoms with van der Waals surface area (Å²) in [7, 11) is -2.44. The van der Waals surface area contributed by atoms with E-state index < -0.39 is 15.9 Å². The summed E-state index contributed by atoms with van der Waals surface area (Å²) in [4.78, 5) is 18.2. The third kappa shape index (κ3) is 5.01. The molecule has 1 fully saturated rings. The fraction of sp³-hybridized carbons (Fsp3) is 0.321. The number of aryl methyl sites for hydroxylation is 3. The van der Waals surface area contributed by atoms with Crippen LogP contribution in [0.4, 0.5) is 5.69 Å². The summed E-state index contributed by atoms with van der Waals surface area (Å²) in [5.74, 6) is -0.197. The van der Waals surface area contributed by atoms with Crippen LogP contribution in [0.25, 0.3) is 16.8 Å². The van der Waals surface area contributed by atoms with Gasteiger partial charge >= 0.3 is 0 Å². The van der Waals surface area contributed by atoms with Crippen LogP contribution in [0.15, 0.2) is 53.4 Å². The molecule has 2 N–H and O–H groups in total. The molecule has 1 amide bonds. The lowest BCUT2D eigenvalue weighted by molar-refractivity contribution is 0.102. The van der Waals surface area contributed by atoms with E-state index in [2.05, 4.69) is 20.1 Å². The van der Waals surface area contributed by atoms with Crippen molar-refractivity contribution in [1.82, 2.24) is 19.3 Å². The zero-order valence-corrected chi connectivity index (χ0v) is 22.7. The lowest BCUT2D eigenvalue weighted by Crippen LogP contribution is -2.32. The lowest BCUT2D eigenvalue weighted by Gasteiger charge is -2.16. The summed E-state index contributed by atoms with van der Waals surface area (Å²) >= 11 is 0. The topological polar surface area (TPSA) is 115 Å². The summed E-state index contributed by atoms with van der Waals surface area (Å²) in [5.41, 5.74) is 4.81. The van der Waals surface area contributed by atoms with E-state index in [9.17, 15) is 13.2 Å². The van der Waals surface area contributed by atoms with Gasteiger partial charge < -0.3 is 10.1 Å². The van der Waals surface area contributed by atoms with Crippen molar-refractivity contribution in [3.8, 4) is 16.9 Å². The van der Waals surface area contributed by atoms with Crippen LogP contribution in [0, 0.1) is 20.8 Å². The Bertz CT molecular complexity index is 1620. The molecule has 0 radical (unpaired) electrons. The molecule has 2 heterocycles. The molecule has 9 nitrogen and oxygen atoms in total. The number of sulfonamides is 1. The van der Waals surface area contributed by atoms with Crippen molar-refractivity contribution >= 4 is 27.3 Å². The van der Waals surface area contributed by atoms with Crippen LogP contribution in [0.5, 0.6) is 5.75 Å². The highest BCUT2D eigenvalue weighted by atomic mass is 32.2. The number of nitrogens with zero attached hydrogens (tertiary/aromatic N) is 3. The van der Waals surface area contributed by atoms with Crippen molar-refractivity contribution in [3.63, 3.8) is 0 Å². The van der Waals surface area contributed by atoms with E-state index in [0.29, 0.717) is 22.5 Å². The standard InChI is InChI=1S/C28H31N5O4S/c1-17-9-12-21(13-10-17)30-28(34)26-25(27-29-18(2)15-19(3)33(27)31-26)20-11-14-23(37-4)24(16-20)38(35,36)32-22-7-5-6-8-22/h9-16,22,32H,5-8H2,1-4H3,(H,30,34). The third-order valence-electron chi connectivity index (χ3n) is 6.84. The number of carbonyl (C=O) groups excluding carboxylic acids is 1. The van der Waals surface area contributed by atoms with E-state index in [1.54, 1.807) is 16.6 Å². The van der Waals surface area contributed by atoms with Gasteiger partial charge in [-0.05, 0) is 69.5 Å². The molecule has 0 saturated heterocycles. The second-order valence-electron chi connectivity index (χ2n) is 9.79. The molecule has 2 aromatic carbocycles. The molecule has 5 rings (SSSR count). The molecular formula is C28H31N5O4S. The van der Waals surface area contributed by atoms with Gasteiger partial charge in [-0.1, -0.05) is 36.6 Å². The molecule has 10 heteroatoms. The van der Waals surface area contributed by atoms with Crippen LogP contribution in [-0.2, 0) is 10.0 Å². The second kappa shape index (κ2) is 10.2. The average Bonchev–Trinajstić information content (AvgIpc) is 3.52. The van der Waals surface area contributed by atoms with Crippen LogP contribution < -0.4 is 14.8 Å². The molecule has 0 spiro atoms. The third-order valence-corrected chi connectivity index (χ3v) is 8.38. The van der Waals surface area contributed by atoms with E-state index in [1.807, 2.05) is 51.1 Å². The molecule has 1 aliphatic carbocycles. The molecule has 1 aliphatic rings. The number of hydrogen-bond donors (Lipinski definition) is 2. The fourth-order valence-electron chi connectivity index (χ4n) is 4.94. The Morgan fingerprint density at radius 1 is 1.03 bits per heavy atom. The molecular weight excluding hydrogens is 502 g/mol. The summed E-state index contributed by atoms with van der Waals surface area (Å²) < 4.78 is 36.7. The van der Waals surface area contributed by atoms with Gasteiger partial charge in [0.05, 0.1) is 12.7 Å². The van der Waals surface area contributed by atoms with Crippen molar-refractivity contribution < 1.29 is 17.9 Å². The highest BCUT2D eigenvalue weighted by Gasteiger charge is 2.29. The Balaban J connectivity index is 1.65. The predicted molar refractivity (Wildman–Crippen MR) is 146 cm³/mol. The van der Waals surface area contributed by atoms with Gasteiger partial charge in [-0.25, -0.2) is 22.6 Å². The molecule has 0 atom stereocenters. The van der Waals surface area contributed by atoms with Crippen LogP contribution in [0.2, 0.25) is 0 Å². The minimum Gasteiger partial charge on any atom is -0.495 e. The second-order valence-corrected chi connectivity index (χ2v) is 11.5. The van der Waals surface area contributed by atoms with E-state index in [1.165, 1.54) is 13.2 Å². The van der Waals surface area contributed by atoms with Gasteiger partial charge in [0.2, 0.25) is 10.0 Å². The highest BCUT2D eigenvalue weighted by Crippen LogP contribution is 2.35. The minimum absolute atomic E-state index is 0.0121. The SMILES string of the molecule is COc1ccc(-c2c(C(=O)Nc3ccc(C)cc3)nn3c(C)cc(C)nc23)cc1S(=O)(=O)NC1CCCC1. The van der Waals surface area contributed by atoms with Gasteiger partial charge in [-0.2, -0.15) is 5.10 Å². The first-order chi connectivity index (χ1) is 18.2. The Kier molecular flexibility index (Phi) is 6.93. The van der Waals surface area contributed by atoms with Crippen LogP contribution in [0.3, 0.4) is 0 Å². The molecule has 0 aliphatic heterocycles. The van der Waals surface area contributed by atoms with E-state index in [4.69, 9.17) is 4.74 Å². The van der Waals surface area contributed by atoms with Crippen molar-refractivity contribution in [2.24, 2.45) is 0 Å². The first kappa shape index (κ1) is 25.9. The predicted octanol–water partition coefficient (Wildman–Crippen LogP) is 4.80. The smallest absolute Gasteiger partial charge is 0.276 e. The number of carbonyl (C=O) groups is 1. The Hall–Kier alpha value is -3.76. The number of fused-ring (bicyclic) bond motifs is 1. The molecule has 0 unspecified atom stereocenters. The van der Waals surface area contributed by atoms with Crippen LogP contribution in [-0.4, -0.2) is 42.1 Å². The number of nitrogens with one attached hydrogen (secondary N) is 2. The van der Waals surface area contributed by atoms with Gasteiger partial charge in [0, 0.05) is 23.1 Å². The molecule has 1 saturated carbocycles. The number of ether oxygens (including phenoxy) is 1. The number of benzene rings is 2. The number of rotatable bonds is 7. The zero-order valence-electron chi connectivity index (χ0n) is 21.9. The highest BCUT2D eigenvalue weighted by molar-refractivity contribution is 7.89. The quantitative estimate of drug-likeness (QED) is 0.353. The Labute approximate surface area is 222 Å². The van der Waals surface area contributed by atoms with E-state index in [-0.39, 0.29) is 22.4 Å². The summed E-state index contributed by atoms with van der Waals surface area (Å²) in [6.07, 6.45) is 3.61. The molecule has 38 heavy (non-hydrogen) atoms. The van der Waals surface area contributed by atoms with Crippen molar-refractivity contribution in [2.75, 3.05) is 12.4 Å². The summed E-state index contributed by atoms with van der Waals surface area (Å²) in [5, 5.41) is 7.52. The number of aromatic nitrogens is 3. The molecule has 2 aromatic heterocycles. The minimum atomic E-state index is -3.88. The Morgan fingerprint density at radius 3 is 2.42 bits per heavy atom. The van der Waals surface area contributed by atoms with Crippen LogP contribution >= 0.6 is 0 Å². The molecule has 4 aromatic rings. The van der Waals surface area contributed by atoms with Gasteiger partial charge in [-0.3, -0.25) is 4.79 Å². The number of anilines is 1. The Morgan fingerprint density at radius 2 is 1.74 bits per heavy atom. The maximum atomic E-state index is 13.5. The lowest BCUT2D eigenvalue weighted by atomic mass is 10.0. The average molecular weight is 534 g/mol. The summed E-state index contributed by atoms with van der Waals surface area (Å²) in [6, 6.07) is 14.1. The zero-order chi connectivity index (χ0) is 27.0. The van der Waals surface area contributed by atoms with Gasteiger partial charge in [0.25, 0.3) is 5.91 Å². The largest absolute Gasteiger partial charge is 0.495 e. The molecule has 198 valence electrons. The number of amides is 1. The van der Waals surface area contributed by atoms with Crippen LogP contribution in [0.1, 0.15) is 53.1 Å². The van der Waals surface area contributed by atoms with Crippen molar-refractivity contribution in [3.05, 3.63) is 71.2 Å². The van der Waals surface area contributed by atoms with Gasteiger partial charge in [0.1, 0.15) is 10.6 Å². The molecule has 0 bridgehead atoms. The van der Waals surface area contributed by atoms with E-state index in [0.717, 1.165) is 42.6 Å². The monoisotopic (exact) mass is 533 g/mol. The van der Waals surface area contributed by atoms with E-state index >= 15 is 0 Å². The number of hydrogen-bond acceptors (Lipinski definition) is 6. The summed E-state index contributed by atoms with van der Waals surface area (Å²) in [6.45, 7) is 5.72. The van der Waals surface area contributed by atoms with Gasteiger partial charge in [-0.15, -0.1) is 0 Å². The fourth-order valence-corrected chi connectivity index (χ4v) is 6.44. The first-order valence-electron chi connectivity index (χ1n) is 12.6. The maximum absolute atomic E-state index is 13.5. The normalized spacial score (nSPS) is 14.2. The first-order valence-corrected chi connectivity index (χ1v) is 14.1. The van der Waals surface area contributed by atoms with Gasteiger partial charge in [0.15, 0.2) is 11.3 Å².